The third-order valence-electron chi connectivity index (χ3n) is 2.51. The van der Waals surface area contributed by atoms with Gasteiger partial charge in [-0.1, -0.05) is 12.2 Å². The van der Waals surface area contributed by atoms with Gasteiger partial charge in [0.25, 0.3) is 5.69 Å². The number of hydrogen-bond donors (Lipinski definition) is 1. The summed E-state index contributed by atoms with van der Waals surface area (Å²) in [5.74, 6) is 1.17. The van der Waals surface area contributed by atoms with E-state index in [1.54, 1.807) is 24.4 Å². The summed E-state index contributed by atoms with van der Waals surface area (Å²) < 4.78 is 5.55. The zero-order valence-electron chi connectivity index (χ0n) is 10.0. The summed E-state index contributed by atoms with van der Waals surface area (Å²) in [6, 6.07) is 6.33. The summed E-state index contributed by atoms with van der Waals surface area (Å²) in [5.41, 5.74) is 0.525. The highest BCUT2D eigenvalue weighted by Gasteiger charge is 2.15. The zero-order valence-corrected chi connectivity index (χ0v) is 10.9. The molecule has 0 fully saturated rings. The van der Waals surface area contributed by atoms with Gasteiger partial charge >= 0.3 is 0 Å². The molecule has 0 N–H and O–H groups in total. The van der Waals surface area contributed by atoms with Crippen LogP contribution in [0.1, 0.15) is 0 Å². The minimum Gasteiger partial charge on any atom is -0.487 e. The highest BCUT2D eigenvalue weighted by Crippen LogP contribution is 2.31. The Hall–Kier alpha value is -2.08. The van der Waals surface area contributed by atoms with Crippen LogP contribution in [-0.4, -0.2) is 22.3 Å². The van der Waals surface area contributed by atoms with Crippen molar-refractivity contribution in [1.82, 2.24) is 4.98 Å². The van der Waals surface area contributed by atoms with Crippen LogP contribution in [0.4, 0.5) is 5.69 Å². The molecule has 1 heterocycles. The fraction of sp³-hybridized carbons (Fsp3) is 0.154. The molecule has 0 saturated carbocycles. The maximum Gasteiger partial charge on any atom is 0.279 e. The first-order valence-electron chi connectivity index (χ1n) is 5.65. The third-order valence-corrected chi connectivity index (χ3v) is 2.72. The van der Waals surface area contributed by atoms with Gasteiger partial charge in [-0.15, -0.1) is 0 Å². The molecular weight excluding hydrogens is 264 g/mol. The molecule has 2 aromatic rings. The van der Waals surface area contributed by atoms with Gasteiger partial charge in [-0.05, 0) is 18.2 Å². The Morgan fingerprint density at radius 3 is 2.95 bits per heavy atom. The Labute approximate surface area is 115 Å². The molecule has 6 heteroatoms. The van der Waals surface area contributed by atoms with Gasteiger partial charge in [-0.3, -0.25) is 15.1 Å². The van der Waals surface area contributed by atoms with Crippen LogP contribution < -0.4 is 4.74 Å². The van der Waals surface area contributed by atoms with Gasteiger partial charge in [-0.25, -0.2) is 0 Å². The number of nitrogens with zero attached hydrogens (tertiary/aromatic N) is 2. The lowest BCUT2D eigenvalue weighted by Crippen LogP contribution is -1.97. The quantitative estimate of drug-likeness (QED) is 0.394. The Kier molecular flexibility index (Phi) is 4.35. The summed E-state index contributed by atoms with van der Waals surface area (Å²) in [6.45, 7) is 0.379. The van der Waals surface area contributed by atoms with Gasteiger partial charge in [0, 0.05) is 18.0 Å². The number of pyridine rings is 1. The fourth-order valence-electron chi connectivity index (χ4n) is 1.69. The van der Waals surface area contributed by atoms with E-state index < -0.39 is 4.92 Å². The Morgan fingerprint density at radius 1 is 1.37 bits per heavy atom. The molecule has 1 aromatic heterocycles. The van der Waals surface area contributed by atoms with Crippen molar-refractivity contribution >= 4 is 29.2 Å². The standard InChI is InChI=1S/C13H12N2O3S/c16-15(17)11-5-6-12(18-8-1-2-9-19)13-10(11)4-3-7-14-13/h1-7,19H,8-9H2. The van der Waals surface area contributed by atoms with E-state index in [2.05, 4.69) is 17.6 Å². The summed E-state index contributed by atoms with van der Waals surface area (Å²) in [7, 11) is 0. The fourth-order valence-corrected chi connectivity index (χ4v) is 1.84. The van der Waals surface area contributed by atoms with Crippen molar-refractivity contribution in [1.29, 1.82) is 0 Å². The number of non-ortho nitro benzene ring substituents is 1. The highest BCUT2D eigenvalue weighted by atomic mass is 32.1. The number of hydrogen-bond acceptors (Lipinski definition) is 5. The number of nitro groups is 1. The van der Waals surface area contributed by atoms with Crippen LogP contribution in [0, 0.1) is 10.1 Å². The monoisotopic (exact) mass is 276 g/mol. The molecule has 0 amide bonds. The molecule has 19 heavy (non-hydrogen) atoms. The van der Waals surface area contributed by atoms with Crippen LogP contribution in [0.15, 0.2) is 42.6 Å². The summed E-state index contributed by atoms with van der Waals surface area (Å²) >= 11 is 4.05. The van der Waals surface area contributed by atoms with Crippen molar-refractivity contribution in [2.45, 2.75) is 0 Å². The van der Waals surface area contributed by atoms with Crippen molar-refractivity contribution in [3.63, 3.8) is 0 Å². The molecule has 0 aliphatic heterocycles. The second kappa shape index (κ2) is 6.19. The molecule has 0 saturated heterocycles. The SMILES string of the molecule is O=[N+]([O-])c1ccc(OCC=CCS)c2ncccc12. The maximum atomic E-state index is 10.9. The van der Waals surface area contributed by atoms with Gasteiger partial charge in [0.15, 0.2) is 0 Å². The van der Waals surface area contributed by atoms with Crippen LogP contribution in [0.3, 0.4) is 0 Å². The van der Waals surface area contributed by atoms with E-state index in [1.807, 2.05) is 12.2 Å². The maximum absolute atomic E-state index is 10.9. The molecular formula is C13H12N2O3S. The van der Waals surface area contributed by atoms with Gasteiger partial charge < -0.3 is 4.74 Å². The van der Waals surface area contributed by atoms with Gasteiger partial charge in [0.1, 0.15) is 17.9 Å². The molecule has 0 unspecified atom stereocenters. The smallest absolute Gasteiger partial charge is 0.279 e. The second-order valence-corrected chi connectivity index (χ2v) is 4.07. The van der Waals surface area contributed by atoms with Gasteiger partial charge in [-0.2, -0.15) is 12.6 Å². The topological polar surface area (TPSA) is 65.3 Å². The van der Waals surface area contributed by atoms with Crippen molar-refractivity contribution in [2.24, 2.45) is 0 Å². The third kappa shape index (κ3) is 3.03. The molecule has 0 radical (unpaired) electrons. The van der Waals surface area contributed by atoms with Crippen molar-refractivity contribution < 1.29 is 9.66 Å². The molecule has 5 nitrogen and oxygen atoms in total. The number of fused-ring (bicyclic) bond motifs is 1. The molecule has 1 aromatic carbocycles. The lowest BCUT2D eigenvalue weighted by molar-refractivity contribution is -0.383. The molecule has 0 atom stereocenters. The van der Waals surface area contributed by atoms with Crippen LogP contribution in [0.2, 0.25) is 0 Å². The zero-order chi connectivity index (χ0) is 13.7. The minimum atomic E-state index is -0.422. The van der Waals surface area contributed by atoms with E-state index in [0.29, 0.717) is 29.0 Å². The molecule has 0 aliphatic carbocycles. The first kappa shape index (κ1) is 13.4. The van der Waals surface area contributed by atoms with Gasteiger partial charge in [0.2, 0.25) is 0 Å². The summed E-state index contributed by atoms with van der Waals surface area (Å²) in [5, 5.41) is 11.4. The largest absolute Gasteiger partial charge is 0.487 e. The second-order valence-electron chi connectivity index (χ2n) is 3.70. The lowest BCUT2D eigenvalue weighted by atomic mass is 10.1. The molecule has 0 aliphatic rings. The Bertz CT molecular complexity index is 628. The van der Waals surface area contributed by atoms with Crippen LogP contribution in [-0.2, 0) is 0 Å². The summed E-state index contributed by atoms with van der Waals surface area (Å²) in [6.07, 6.45) is 5.29. The number of nitro benzene ring substituents is 1. The normalized spacial score (nSPS) is 11.0. The number of benzene rings is 1. The van der Waals surface area contributed by atoms with Crippen molar-refractivity contribution in [2.75, 3.05) is 12.4 Å². The molecule has 98 valence electrons. The Morgan fingerprint density at radius 2 is 2.21 bits per heavy atom. The Balaban J connectivity index is 2.38. The average molecular weight is 276 g/mol. The number of thiol groups is 1. The first-order valence-corrected chi connectivity index (χ1v) is 6.28. The van der Waals surface area contributed by atoms with Crippen LogP contribution >= 0.6 is 12.6 Å². The first-order chi connectivity index (χ1) is 9.24. The molecule has 0 spiro atoms. The average Bonchev–Trinajstić information content (AvgIpc) is 2.43. The van der Waals surface area contributed by atoms with Crippen LogP contribution in [0.25, 0.3) is 10.9 Å². The minimum absolute atomic E-state index is 0.0290. The van der Waals surface area contributed by atoms with E-state index >= 15 is 0 Å². The molecule has 2 rings (SSSR count). The lowest BCUT2D eigenvalue weighted by Gasteiger charge is -2.06. The number of ether oxygens (including phenoxy) is 1. The molecule has 0 bridgehead atoms. The van der Waals surface area contributed by atoms with E-state index in [-0.39, 0.29) is 5.69 Å². The predicted molar refractivity (Wildman–Crippen MR) is 76.9 cm³/mol. The number of rotatable bonds is 5. The van der Waals surface area contributed by atoms with E-state index in [1.165, 1.54) is 6.07 Å². The van der Waals surface area contributed by atoms with E-state index in [9.17, 15) is 10.1 Å². The highest BCUT2D eigenvalue weighted by molar-refractivity contribution is 7.80. The summed E-state index contributed by atoms with van der Waals surface area (Å²) in [4.78, 5) is 14.7. The van der Waals surface area contributed by atoms with Gasteiger partial charge in [0.05, 0.1) is 10.3 Å². The van der Waals surface area contributed by atoms with Crippen molar-refractivity contribution in [3.05, 3.63) is 52.7 Å². The number of aromatic nitrogens is 1. The predicted octanol–water partition coefficient (Wildman–Crippen LogP) is 3.01. The van der Waals surface area contributed by atoms with Crippen molar-refractivity contribution in [3.8, 4) is 5.75 Å². The van der Waals surface area contributed by atoms with E-state index in [0.717, 1.165) is 0 Å². The van der Waals surface area contributed by atoms with E-state index in [4.69, 9.17) is 4.74 Å². The van der Waals surface area contributed by atoms with Crippen LogP contribution in [0.5, 0.6) is 5.75 Å².